The molecule has 1 fully saturated rings. The van der Waals surface area contributed by atoms with Crippen LogP contribution < -0.4 is 16.2 Å². The topological polar surface area (TPSA) is 98.2 Å². The molecule has 1 aliphatic carbocycles. The molecule has 0 aliphatic heterocycles. The molecule has 0 aromatic heterocycles. The summed E-state index contributed by atoms with van der Waals surface area (Å²) < 4.78 is 23.3. The third kappa shape index (κ3) is 3.89. The van der Waals surface area contributed by atoms with Crippen molar-refractivity contribution in [2.24, 2.45) is 11.1 Å². The van der Waals surface area contributed by atoms with Gasteiger partial charge in [-0.1, -0.05) is 19.3 Å². The van der Waals surface area contributed by atoms with Crippen molar-refractivity contribution in [2.45, 2.75) is 56.9 Å². The highest BCUT2D eigenvalue weighted by Gasteiger charge is 2.22. The van der Waals surface area contributed by atoms with E-state index in [0.717, 1.165) is 5.69 Å². The van der Waals surface area contributed by atoms with E-state index in [9.17, 15) is 8.42 Å². The lowest BCUT2D eigenvalue weighted by Gasteiger charge is -2.29. The second kappa shape index (κ2) is 6.23. The van der Waals surface area contributed by atoms with E-state index < -0.39 is 10.0 Å². The Morgan fingerprint density at radius 3 is 2.43 bits per heavy atom. The molecule has 2 rings (SSSR count). The van der Waals surface area contributed by atoms with Crippen LogP contribution in [0.25, 0.3) is 0 Å². The molecule has 0 radical (unpaired) electrons. The Balaban J connectivity index is 2.25. The fourth-order valence-corrected chi connectivity index (χ4v) is 3.99. The lowest BCUT2D eigenvalue weighted by molar-refractivity contribution is 0.328. The van der Waals surface area contributed by atoms with Crippen molar-refractivity contribution in [3.05, 3.63) is 17.7 Å². The van der Waals surface area contributed by atoms with Crippen LogP contribution in [0.5, 0.6) is 0 Å². The van der Waals surface area contributed by atoms with Gasteiger partial charge in [0.05, 0.1) is 4.90 Å². The molecule has 1 aromatic carbocycles. The van der Waals surface area contributed by atoms with Gasteiger partial charge in [-0.3, -0.25) is 0 Å². The highest BCUT2D eigenvalue weighted by molar-refractivity contribution is 7.89. The Bertz CT molecular complexity index is 608. The van der Waals surface area contributed by atoms with Crippen molar-refractivity contribution in [2.75, 3.05) is 11.1 Å². The van der Waals surface area contributed by atoms with Crippen LogP contribution in [0, 0.1) is 12.8 Å². The first-order valence-electron chi connectivity index (χ1n) is 7.48. The SMILES string of the molecule is Cc1c(NC(C)C2CCCCC2)cc(N)cc1S(N)(=O)=O. The summed E-state index contributed by atoms with van der Waals surface area (Å²) in [6.07, 6.45) is 6.30. The van der Waals surface area contributed by atoms with E-state index in [1.807, 2.05) is 0 Å². The summed E-state index contributed by atoms with van der Waals surface area (Å²) in [4.78, 5) is 0.0980. The number of nitrogens with one attached hydrogen (secondary N) is 1. The van der Waals surface area contributed by atoms with Crippen LogP contribution in [0.1, 0.15) is 44.6 Å². The van der Waals surface area contributed by atoms with Gasteiger partial charge >= 0.3 is 0 Å². The first-order chi connectivity index (χ1) is 9.79. The third-order valence-corrected chi connectivity index (χ3v) is 5.47. The number of nitrogen functional groups attached to an aromatic ring is 1. The van der Waals surface area contributed by atoms with Gasteiger partial charge in [-0.2, -0.15) is 0 Å². The molecule has 1 atom stereocenters. The van der Waals surface area contributed by atoms with Crippen LogP contribution in [0.2, 0.25) is 0 Å². The van der Waals surface area contributed by atoms with Crippen molar-refractivity contribution >= 4 is 21.4 Å². The zero-order valence-electron chi connectivity index (χ0n) is 12.7. The maximum atomic E-state index is 11.6. The molecule has 0 spiro atoms. The van der Waals surface area contributed by atoms with Gasteiger partial charge in [0.15, 0.2) is 0 Å². The molecule has 0 amide bonds. The molecule has 0 saturated heterocycles. The third-order valence-electron chi connectivity index (χ3n) is 4.43. The zero-order chi connectivity index (χ0) is 15.6. The van der Waals surface area contributed by atoms with Gasteiger partial charge in [-0.25, -0.2) is 13.6 Å². The number of anilines is 2. The van der Waals surface area contributed by atoms with Gasteiger partial charge in [0, 0.05) is 17.4 Å². The van der Waals surface area contributed by atoms with Crippen molar-refractivity contribution < 1.29 is 8.42 Å². The highest BCUT2D eigenvalue weighted by atomic mass is 32.2. The van der Waals surface area contributed by atoms with Crippen LogP contribution >= 0.6 is 0 Å². The summed E-state index contributed by atoms with van der Waals surface area (Å²) in [5, 5.41) is 8.69. The Labute approximate surface area is 127 Å². The van der Waals surface area contributed by atoms with Gasteiger partial charge in [-0.05, 0) is 50.3 Å². The predicted octanol–water partition coefficient (Wildman–Crippen LogP) is 2.61. The van der Waals surface area contributed by atoms with E-state index in [4.69, 9.17) is 10.9 Å². The number of sulfonamides is 1. The first-order valence-corrected chi connectivity index (χ1v) is 9.03. The number of rotatable bonds is 4. The molecule has 21 heavy (non-hydrogen) atoms. The average molecular weight is 311 g/mol. The monoisotopic (exact) mass is 311 g/mol. The Hall–Kier alpha value is -1.27. The summed E-state index contributed by atoms with van der Waals surface area (Å²) in [6.45, 7) is 3.91. The maximum absolute atomic E-state index is 11.6. The molecule has 0 bridgehead atoms. The standard InChI is InChI=1S/C15H25N3O2S/c1-10-14(8-13(16)9-15(10)21(17,19)20)18-11(2)12-6-4-3-5-7-12/h8-9,11-12,18H,3-7,16H2,1-2H3,(H2,17,19,20). The van der Waals surface area contributed by atoms with Gasteiger partial charge in [0.2, 0.25) is 10.0 Å². The second-order valence-corrected chi connectivity index (χ2v) is 7.60. The maximum Gasteiger partial charge on any atom is 0.238 e. The van der Waals surface area contributed by atoms with Crippen molar-refractivity contribution in [3.8, 4) is 0 Å². The average Bonchev–Trinajstić information content (AvgIpc) is 2.42. The molecular formula is C15H25N3O2S. The fraction of sp³-hybridized carbons (Fsp3) is 0.600. The van der Waals surface area contributed by atoms with E-state index >= 15 is 0 Å². The van der Waals surface area contributed by atoms with E-state index in [-0.39, 0.29) is 4.90 Å². The quantitative estimate of drug-likeness (QED) is 0.744. The Morgan fingerprint density at radius 1 is 1.24 bits per heavy atom. The van der Waals surface area contributed by atoms with E-state index in [0.29, 0.717) is 23.2 Å². The summed E-state index contributed by atoms with van der Waals surface area (Å²) in [7, 11) is -3.76. The highest BCUT2D eigenvalue weighted by Crippen LogP contribution is 2.31. The molecule has 118 valence electrons. The number of hydrogen-bond donors (Lipinski definition) is 3. The Morgan fingerprint density at radius 2 is 1.86 bits per heavy atom. The van der Waals surface area contributed by atoms with Crippen molar-refractivity contribution in [1.29, 1.82) is 0 Å². The zero-order valence-corrected chi connectivity index (χ0v) is 13.5. The molecule has 1 saturated carbocycles. The van der Waals surface area contributed by atoms with Crippen LogP contribution in [-0.4, -0.2) is 14.5 Å². The summed E-state index contributed by atoms with van der Waals surface area (Å²) in [5.41, 5.74) is 7.62. The number of benzene rings is 1. The van der Waals surface area contributed by atoms with Gasteiger partial charge < -0.3 is 11.1 Å². The molecular weight excluding hydrogens is 286 g/mol. The van der Waals surface area contributed by atoms with Crippen LogP contribution in [-0.2, 0) is 10.0 Å². The summed E-state index contributed by atoms with van der Waals surface area (Å²) >= 11 is 0. The minimum absolute atomic E-state index is 0.0980. The first kappa shape index (κ1) is 16.1. The van der Waals surface area contributed by atoms with Gasteiger partial charge in [0.1, 0.15) is 0 Å². The lowest BCUT2D eigenvalue weighted by Crippen LogP contribution is -2.28. The Kier molecular flexibility index (Phi) is 4.78. The van der Waals surface area contributed by atoms with E-state index in [1.165, 1.54) is 38.2 Å². The molecule has 1 unspecified atom stereocenters. The fourth-order valence-electron chi connectivity index (χ4n) is 3.15. The summed E-state index contributed by atoms with van der Waals surface area (Å²) in [5.74, 6) is 0.623. The minimum Gasteiger partial charge on any atom is -0.399 e. The van der Waals surface area contributed by atoms with Gasteiger partial charge in [-0.15, -0.1) is 0 Å². The van der Waals surface area contributed by atoms with E-state index in [1.54, 1.807) is 13.0 Å². The summed E-state index contributed by atoms with van der Waals surface area (Å²) in [6, 6.07) is 3.49. The van der Waals surface area contributed by atoms with Gasteiger partial charge in [0.25, 0.3) is 0 Å². The minimum atomic E-state index is -3.76. The van der Waals surface area contributed by atoms with Crippen LogP contribution in [0.15, 0.2) is 17.0 Å². The smallest absolute Gasteiger partial charge is 0.238 e. The van der Waals surface area contributed by atoms with E-state index in [2.05, 4.69) is 12.2 Å². The molecule has 5 nitrogen and oxygen atoms in total. The number of nitrogens with two attached hydrogens (primary N) is 2. The molecule has 5 N–H and O–H groups in total. The normalized spacial score (nSPS) is 18.4. The van der Waals surface area contributed by atoms with Crippen LogP contribution in [0.4, 0.5) is 11.4 Å². The number of primary sulfonamides is 1. The molecule has 0 heterocycles. The van der Waals surface area contributed by atoms with Crippen molar-refractivity contribution in [1.82, 2.24) is 0 Å². The van der Waals surface area contributed by atoms with Crippen LogP contribution in [0.3, 0.4) is 0 Å². The predicted molar refractivity (Wildman–Crippen MR) is 86.6 cm³/mol. The molecule has 1 aromatic rings. The second-order valence-electron chi connectivity index (χ2n) is 6.07. The molecule has 1 aliphatic rings. The molecule has 6 heteroatoms. The largest absolute Gasteiger partial charge is 0.399 e. The van der Waals surface area contributed by atoms with Crippen molar-refractivity contribution in [3.63, 3.8) is 0 Å². The lowest BCUT2D eigenvalue weighted by atomic mass is 9.84. The number of hydrogen-bond acceptors (Lipinski definition) is 4.